The van der Waals surface area contributed by atoms with Gasteiger partial charge in [-0.1, -0.05) is 60.7 Å². The number of hydrogen-bond acceptors (Lipinski definition) is 2. The first-order valence-corrected chi connectivity index (χ1v) is 9.01. The second kappa shape index (κ2) is 7.83. The highest BCUT2D eigenvalue weighted by atomic mass is 16.2. The largest absolute Gasteiger partial charge is 0.308 e. The Bertz CT molecular complexity index is 1050. The van der Waals surface area contributed by atoms with Gasteiger partial charge in [-0.3, -0.25) is 9.78 Å². The van der Waals surface area contributed by atoms with Gasteiger partial charge in [0, 0.05) is 18.1 Å². The monoisotopic (exact) mass is 352 g/mol. The first-order valence-electron chi connectivity index (χ1n) is 9.01. The molecule has 132 valence electrons. The highest BCUT2D eigenvalue weighted by Crippen LogP contribution is 2.24. The van der Waals surface area contributed by atoms with E-state index in [0.717, 1.165) is 22.2 Å². The fourth-order valence-electron chi connectivity index (χ4n) is 3.20. The van der Waals surface area contributed by atoms with Gasteiger partial charge in [0.25, 0.3) is 0 Å². The third kappa shape index (κ3) is 4.04. The number of carbonyl (C=O) groups excluding carboxylic acids is 1. The Kier molecular flexibility index (Phi) is 4.93. The van der Waals surface area contributed by atoms with Crippen LogP contribution in [-0.4, -0.2) is 10.9 Å². The van der Waals surface area contributed by atoms with Crippen LogP contribution >= 0.6 is 0 Å². The number of fused-ring (bicyclic) bond motifs is 1. The minimum Gasteiger partial charge on any atom is -0.308 e. The number of pyridine rings is 1. The maximum absolute atomic E-state index is 13.2. The van der Waals surface area contributed by atoms with Crippen LogP contribution in [-0.2, 0) is 17.8 Å². The van der Waals surface area contributed by atoms with Crippen molar-refractivity contribution in [3.05, 3.63) is 108 Å². The molecule has 0 aliphatic carbocycles. The summed E-state index contributed by atoms with van der Waals surface area (Å²) in [5, 5.41) is 2.30. The summed E-state index contributed by atoms with van der Waals surface area (Å²) >= 11 is 0. The van der Waals surface area contributed by atoms with Crippen molar-refractivity contribution in [1.29, 1.82) is 0 Å². The normalized spacial score (nSPS) is 10.7. The molecular formula is C24H20N2O. The summed E-state index contributed by atoms with van der Waals surface area (Å²) in [4.78, 5) is 19.1. The number of aromatic nitrogens is 1. The topological polar surface area (TPSA) is 33.2 Å². The predicted octanol–water partition coefficient (Wildman–Crippen LogP) is 5.01. The van der Waals surface area contributed by atoms with E-state index >= 15 is 0 Å². The molecule has 3 aromatic carbocycles. The second-order valence-electron chi connectivity index (χ2n) is 6.53. The molecule has 0 atom stereocenters. The van der Waals surface area contributed by atoms with E-state index in [1.807, 2.05) is 65.6 Å². The van der Waals surface area contributed by atoms with Crippen molar-refractivity contribution < 1.29 is 4.79 Å². The quantitative estimate of drug-likeness (QED) is 0.506. The van der Waals surface area contributed by atoms with Crippen LogP contribution in [0.25, 0.3) is 10.8 Å². The zero-order chi connectivity index (χ0) is 18.5. The third-order valence-electron chi connectivity index (χ3n) is 4.63. The van der Waals surface area contributed by atoms with Crippen molar-refractivity contribution >= 4 is 22.4 Å². The van der Waals surface area contributed by atoms with Gasteiger partial charge in [0.2, 0.25) is 5.91 Å². The van der Waals surface area contributed by atoms with Crippen molar-refractivity contribution in [2.75, 3.05) is 4.90 Å². The Labute approximate surface area is 158 Å². The van der Waals surface area contributed by atoms with Gasteiger partial charge in [0.05, 0.1) is 13.0 Å². The van der Waals surface area contributed by atoms with Crippen LogP contribution in [0, 0.1) is 0 Å². The summed E-state index contributed by atoms with van der Waals surface area (Å²) in [7, 11) is 0. The predicted molar refractivity (Wildman–Crippen MR) is 110 cm³/mol. The lowest BCUT2D eigenvalue weighted by atomic mass is 10.1. The fourth-order valence-corrected chi connectivity index (χ4v) is 3.20. The molecule has 0 unspecified atom stereocenters. The van der Waals surface area contributed by atoms with E-state index in [-0.39, 0.29) is 5.91 Å². The van der Waals surface area contributed by atoms with Gasteiger partial charge in [-0.15, -0.1) is 0 Å². The molecule has 3 nitrogen and oxygen atoms in total. The van der Waals surface area contributed by atoms with E-state index in [1.165, 1.54) is 5.39 Å². The molecular weight excluding hydrogens is 332 g/mol. The number of nitrogens with zero attached hydrogens (tertiary/aromatic N) is 2. The maximum Gasteiger partial charge on any atom is 0.231 e. The number of carbonyl (C=O) groups is 1. The Balaban J connectivity index is 1.68. The average Bonchev–Trinajstić information content (AvgIpc) is 2.73. The smallest absolute Gasteiger partial charge is 0.231 e. The Morgan fingerprint density at radius 2 is 1.44 bits per heavy atom. The van der Waals surface area contributed by atoms with Crippen LogP contribution in [0.5, 0.6) is 0 Å². The number of benzene rings is 3. The summed E-state index contributed by atoms with van der Waals surface area (Å²) in [5.41, 5.74) is 2.99. The minimum atomic E-state index is 0.0698. The molecule has 1 heterocycles. The summed E-state index contributed by atoms with van der Waals surface area (Å²) < 4.78 is 0. The summed E-state index contributed by atoms with van der Waals surface area (Å²) in [5.74, 6) is 0.0698. The highest BCUT2D eigenvalue weighted by molar-refractivity contribution is 5.97. The molecule has 0 spiro atoms. The Morgan fingerprint density at radius 1 is 0.741 bits per heavy atom. The molecule has 0 N–H and O–H groups in total. The molecule has 0 fully saturated rings. The van der Waals surface area contributed by atoms with Gasteiger partial charge in [0.15, 0.2) is 0 Å². The lowest BCUT2D eigenvalue weighted by Gasteiger charge is -2.24. The van der Waals surface area contributed by atoms with Gasteiger partial charge in [-0.25, -0.2) is 0 Å². The molecule has 27 heavy (non-hydrogen) atoms. The van der Waals surface area contributed by atoms with Crippen molar-refractivity contribution in [3.8, 4) is 0 Å². The molecule has 0 aliphatic heterocycles. The molecule has 0 saturated carbocycles. The van der Waals surface area contributed by atoms with Crippen molar-refractivity contribution in [2.45, 2.75) is 13.0 Å². The van der Waals surface area contributed by atoms with E-state index < -0.39 is 0 Å². The van der Waals surface area contributed by atoms with E-state index in [2.05, 4.69) is 29.2 Å². The zero-order valence-electron chi connectivity index (χ0n) is 15.0. The van der Waals surface area contributed by atoms with Crippen LogP contribution < -0.4 is 4.90 Å². The van der Waals surface area contributed by atoms with Crippen molar-refractivity contribution in [3.63, 3.8) is 0 Å². The highest BCUT2D eigenvalue weighted by Gasteiger charge is 2.17. The lowest BCUT2D eigenvalue weighted by Crippen LogP contribution is -2.31. The molecule has 3 heteroatoms. The van der Waals surface area contributed by atoms with Crippen LogP contribution in [0.3, 0.4) is 0 Å². The molecule has 0 saturated heterocycles. The minimum absolute atomic E-state index is 0.0698. The van der Waals surface area contributed by atoms with E-state index in [4.69, 9.17) is 0 Å². The molecule has 4 aromatic rings. The van der Waals surface area contributed by atoms with Crippen LogP contribution in [0.15, 0.2) is 97.3 Å². The molecule has 1 aromatic heterocycles. The Morgan fingerprint density at radius 3 is 2.22 bits per heavy atom. The van der Waals surface area contributed by atoms with Gasteiger partial charge in [-0.2, -0.15) is 0 Å². The van der Waals surface area contributed by atoms with Crippen LogP contribution in [0.1, 0.15) is 11.1 Å². The first-order chi connectivity index (χ1) is 13.3. The zero-order valence-corrected chi connectivity index (χ0v) is 15.0. The number of hydrogen-bond donors (Lipinski definition) is 0. The van der Waals surface area contributed by atoms with Crippen molar-refractivity contribution in [1.82, 2.24) is 4.98 Å². The Hall–Kier alpha value is -3.46. The third-order valence-corrected chi connectivity index (χ3v) is 4.63. The molecule has 0 radical (unpaired) electrons. The summed E-state index contributed by atoms with van der Waals surface area (Å²) in [6, 6.07) is 28.3. The number of amides is 1. The maximum atomic E-state index is 13.2. The van der Waals surface area contributed by atoms with E-state index in [0.29, 0.717) is 13.0 Å². The average molecular weight is 352 g/mol. The fraction of sp³-hybridized carbons (Fsp3) is 0.0833. The van der Waals surface area contributed by atoms with Crippen LogP contribution in [0.2, 0.25) is 0 Å². The second-order valence-corrected chi connectivity index (χ2v) is 6.53. The molecule has 4 rings (SSSR count). The lowest BCUT2D eigenvalue weighted by molar-refractivity contribution is -0.118. The van der Waals surface area contributed by atoms with Gasteiger partial charge < -0.3 is 4.90 Å². The van der Waals surface area contributed by atoms with Crippen LogP contribution in [0.4, 0.5) is 5.69 Å². The standard InChI is InChI=1S/C24H20N2O/c27-24(16-19-12-14-25-15-13-19)26(18-20-6-2-1-3-7-20)23-11-10-21-8-4-5-9-22(21)17-23/h1-15,17H,16,18H2. The van der Waals surface area contributed by atoms with Crippen molar-refractivity contribution in [2.24, 2.45) is 0 Å². The number of rotatable bonds is 5. The van der Waals surface area contributed by atoms with Gasteiger partial charge in [0.1, 0.15) is 0 Å². The SMILES string of the molecule is O=C(Cc1ccncc1)N(Cc1ccccc1)c1ccc2ccccc2c1. The summed E-state index contributed by atoms with van der Waals surface area (Å²) in [6.07, 6.45) is 3.79. The van der Waals surface area contributed by atoms with E-state index in [9.17, 15) is 4.79 Å². The van der Waals surface area contributed by atoms with E-state index in [1.54, 1.807) is 12.4 Å². The molecule has 0 aliphatic rings. The number of anilines is 1. The first kappa shape index (κ1) is 17.0. The van der Waals surface area contributed by atoms with Gasteiger partial charge >= 0.3 is 0 Å². The summed E-state index contributed by atoms with van der Waals surface area (Å²) in [6.45, 7) is 0.545. The van der Waals surface area contributed by atoms with Gasteiger partial charge in [-0.05, 0) is 46.2 Å². The molecule has 0 bridgehead atoms. The molecule has 1 amide bonds.